The number of nitrogens with zero attached hydrogens (tertiary/aromatic N) is 3. The highest BCUT2D eigenvalue weighted by molar-refractivity contribution is 5.89. The van der Waals surface area contributed by atoms with E-state index in [1.165, 1.54) is 6.42 Å². The molecule has 194 valence electrons. The van der Waals surface area contributed by atoms with Crippen LogP contribution in [0.25, 0.3) is 0 Å². The summed E-state index contributed by atoms with van der Waals surface area (Å²) < 4.78 is 18.6. The van der Waals surface area contributed by atoms with Crippen molar-refractivity contribution >= 4 is 5.90 Å². The summed E-state index contributed by atoms with van der Waals surface area (Å²) in [6.07, 6.45) is 5.09. The average molecular weight is 509 g/mol. The molecular formula is C31H32N4O3. The lowest BCUT2D eigenvalue weighted by atomic mass is 9.50. The Labute approximate surface area is 224 Å². The number of rotatable bonds is 8. The molecule has 38 heavy (non-hydrogen) atoms. The van der Waals surface area contributed by atoms with Crippen molar-refractivity contribution in [2.24, 2.45) is 16.7 Å². The van der Waals surface area contributed by atoms with Gasteiger partial charge in [-0.15, -0.1) is 0 Å². The molecule has 0 spiro atoms. The van der Waals surface area contributed by atoms with Gasteiger partial charge in [0.1, 0.15) is 11.9 Å². The zero-order chi connectivity index (χ0) is 26.8. The topological polar surface area (TPSA) is 123 Å². The van der Waals surface area contributed by atoms with Gasteiger partial charge in [-0.2, -0.15) is 15.8 Å². The summed E-state index contributed by atoms with van der Waals surface area (Å²) in [5, 5.41) is 40.5. The van der Waals surface area contributed by atoms with E-state index >= 15 is 0 Å². The van der Waals surface area contributed by atoms with Crippen LogP contribution in [0.15, 0.2) is 54.6 Å². The lowest BCUT2D eigenvalue weighted by Gasteiger charge is -2.52. The van der Waals surface area contributed by atoms with E-state index in [9.17, 15) is 15.8 Å². The standard InChI is InChI=1S/C31H32N4O3/c1-2-3-4-8-17-36-25-13-11-23(12-14-25)27-29(19-32,20-33)30(21-34)26-18-24(22-9-6-5-7-10-22)15-16-31(26,37-27)38-28(30)35/h5-7,9-14,24,26-27,35H,2-4,8,15-18H2,1H3. The predicted octanol–water partition coefficient (Wildman–Crippen LogP) is 6.55. The Morgan fingerprint density at radius 3 is 2.34 bits per heavy atom. The van der Waals surface area contributed by atoms with Crippen LogP contribution in [0.3, 0.4) is 0 Å². The Morgan fingerprint density at radius 1 is 0.947 bits per heavy atom. The van der Waals surface area contributed by atoms with Crippen LogP contribution in [0.1, 0.15) is 75.0 Å². The highest BCUT2D eigenvalue weighted by Gasteiger charge is 2.81. The summed E-state index contributed by atoms with van der Waals surface area (Å²) >= 11 is 0. The van der Waals surface area contributed by atoms with Crippen LogP contribution in [0, 0.1) is 56.2 Å². The molecular weight excluding hydrogens is 476 g/mol. The van der Waals surface area contributed by atoms with E-state index in [1.54, 1.807) is 24.3 Å². The zero-order valence-corrected chi connectivity index (χ0v) is 21.7. The second kappa shape index (κ2) is 10.1. The van der Waals surface area contributed by atoms with Gasteiger partial charge in [0.15, 0.2) is 5.41 Å². The Bertz CT molecular complexity index is 1290. The molecule has 3 aliphatic rings. The molecule has 2 heterocycles. The molecule has 1 aliphatic carbocycles. The molecule has 5 atom stereocenters. The largest absolute Gasteiger partial charge is 0.494 e. The van der Waals surface area contributed by atoms with Gasteiger partial charge in [-0.3, -0.25) is 5.41 Å². The summed E-state index contributed by atoms with van der Waals surface area (Å²) in [4.78, 5) is 0. The van der Waals surface area contributed by atoms with E-state index in [4.69, 9.17) is 19.6 Å². The second-order valence-electron chi connectivity index (χ2n) is 10.6. The third-order valence-electron chi connectivity index (χ3n) is 8.63. The minimum absolute atomic E-state index is 0.112. The SMILES string of the molecule is CCCCCCOc1ccc(C2OC34CCC(c5ccccc5)CC3C(C#N)(C(=N)O4)C2(C#N)C#N)cc1. The maximum absolute atomic E-state index is 10.6. The van der Waals surface area contributed by atoms with Crippen LogP contribution < -0.4 is 4.74 Å². The molecule has 1 saturated carbocycles. The highest BCUT2D eigenvalue weighted by Crippen LogP contribution is 2.70. The Balaban J connectivity index is 1.49. The van der Waals surface area contributed by atoms with Crippen molar-refractivity contribution in [3.05, 3.63) is 65.7 Å². The maximum atomic E-state index is 10.6. The van der Waals surface area contributed by atoms with Crippen LogP contribution in [0.5, 0.6) is 5.75 Å². The van der Waals surface area contributed by atoms with Crippen molar-refractivity contribution < 1.29 is 14.2 Å². The number of nitriles is 3. The third-order valence-corrected chi connectivity index (χ3v) is 8.63. The van der Waals surface area contributed by atoms with E-state index in [1.807, 2.05) is 18.2 Å². The van der Waals surface area contributed by atoms with Gasteiger partial charge in [0.2, 0.25) is 17.1 Å². The minimum atomic E-state index is -1.95. The van der Waals surface area contributed by atoms with Gasteiger partial charge in [-0.25, -0.2) is 0 Å². The van der Waals surface area contributed by atoms with Gasteiger partial charge in [-0.05, 0) is 48.4 Å². The highest BCUT2D eigenvalue weighted by atomic mass is 16.7. The Hall–Kier alpha value is -3.86. The van der Waals surface area contributed by atoms with E-state index in [0.29, 0.717) is 30.8 Å². The van der Waals surface area contributed by atoms with E-state index in [2.05, 4.69) is 37.3 Å². The Morgan fingerprint density at radius 2 is 1.68 bits per heavy atom. The summed E-state index contributed by atoms with van der Waals surface area (Å²) in [6.45, 7) is 2.79. The smallest absolute Gasteiger partial charge is 0.217 e. The summed E-state index contributed by atoms with van der Waals surface area (Å²) in [5.41, 5.74) is -1.98. The van der Waals surface area contributed by atoms with Crippen LogP contribution in [0.2, 0.25) is 0 Å². The van der Waals surface area contributed by atoms with Crippen LogP contribution in [-0.2, 0) is 9.47 Å². The summed E-state index contributed by atoms with van der Waals surface area (Å²) in [5.74, 6) is -1.37. The van der Waals surface area contributed by atoms with Gasteiger partial charge in [-0.1, -0.05) is 68.7 Å². The van der Waals surface area contributed by atoms with Crippen molar-refractivity contribution in [2.75, 3.05) is 6.61 Å². The second-order valence-corrected chi connectivity index (χ2v) is 10.6. The van der Waals surface area contributed by atoms with E-state index in [0.717, 1.165) is 31.2 Å². The minimum Gasteiger partial charge on any atom is -0.494 e. The molecule has 1 N–H and O–H groups in total. The molecule has 0 aromatic heterocycles. The molecule has 7 heteroatoms. The molecule has 5 rings (SSSR count). The van der Waals surface area contributed by atoms with Crippen molar-refractivity contribution in [1.82, 2.24) is 0 Å². The third kappa shape index (κ3) is 3.75. The molecule has 2 bridgehead atoms. The average Bonchev–Trinajstić information content (AvgIpc) is 3.16. The lowest BCUT2D eigenvalue weighted by molar-refractivity contribution is -0.296. The first-order chi connectivity index (χ1) is 18.5. The summed E-state index contributed by atoms with van der Waals surface area (Å²) in [7, 11) is 0. The van der Waals surface area contributed by atoms with Gasteiger partial charge in [0.25, 0.3) is 0 Å². The molecule has 7 nitrogen and oxygen atoms in total. The van der Waals surface area contributed by atoms with Gasteiger partial charge >= 0.3 is 0 Å². The number of unbranched alkanes of at least 4 members (excludes halogenated alkanes) is 3. The number of hydrogen-bond donors (Lipinski definition) is 1. The molecule has 0 radical (unpaired) electrons. The normalized spacial score (nSPS) is 30.7. The number of hydrogen-bond acceptors (Lipinski definition) is 7. The zero-order valence-electron chi connectivity index (χ0n) is 21.7. The van der Waals surface area contributed by atoms with Gasteiger partial charge in [0, 0.05) is 6.42 Å². The number of nitrogens with one attached hydrogen (secondary N) is 1. The maximum Gasteiger partial charge on any atom is 0.217 e. The first-order valence-electron chi connectivity index (χ1n) is 13.5. The van der Waals surface area contributed by atoms with Crippen LogP contribution in [-0.4, -0.2) is 18.3 Å². The predicted molar refractivity (Wildman–Crippen MR) is 140 cm³/mol. The monoisotopic (exact) mass is 508 g/mol. The van der Waals surface area contributed by atoms with E-state index < -0.39 is 28.6 Å². The molecule has 2 aliphatic heterocycles. The van der Waals surface area contributed by atoms with E-state index in [-0.39, 0.29) is 11.8 Å². The molecule has 5 unspecified atom stereocenters. The van der Waals surface area contributed by atoms with Crippen LogP contribution >= 0.6 is 0 Å². The van der Waals surface area contributed by atoms with Crippen molar-refractivity contribution in [3.8, 4) is 24.0 Å². The van der Waals surface area contributed by atoms with Gasteiger partial charge < -0.3 is 14.2 Å². The fourth-order valence-corrected chi connectivity index (χ4v) is 6.62. The van der Waals surface area contributed by atoms with Crippen molar-refractivity contribution in [1.29, 1.82) is 21.2 Å². The Kier molecular flexibility index (Phi) is 6.87. The summed E-state index contributed by atoms with van der Waals surface area (Å²) in [6, 6.07) is 23.8. The van der Waals surface area contributed by atoms with Crippen LogP contribution in [0.4, 0.5) is 0 Å². The van der Waals surface area contributed by atoms with Crippen molar-refractivity contribution in [3.63, 3.8) is 0 Å². The first-order valence-corrected chi connectivity index (χ1v) is 13.5. The molecule has 2 saturated heterocycles. The molecule has 0 amide bonds. The number of benzene rings is 2. The molecule has 2 aromatic rings. The quantitative estimate of drug-likeness (QED) is 0.403. The molecule has 3 fully saturated rings. The molecule has 2 aromatic carbocycles. The van der Waals surface area contributed by atoms with Gasteiger partial charge in [0.05, 0.1) is 30.7 Å². The van der Waals surface area contributed by atoms with Crippen molar-refractivity contribution in [2.45, 2.75) is 69.7 Å². The lowest BCUT2D eigenvalue weighted by Crippen LogP contribution is -2.60. The fourth-order valence-electron chi connectivity index (χ4n) is 6.62. The first kappa shape index (κ1) is 25.8. The number of ether oxygens (including phenoxy) is 3. The fraction of sp³-hybridized carbons (Fsp3) is 0.484.